The van der Waals surface area contributed by atoms with E-state index in [9.17, 15) is 4.79 Å². The van der Waals surface area contributed by atoms with Crippen molar-refractivity contribution < 1.29 is 4.79 Å². The van der Waals surface area contributed by atoms with E-state index in [0.717, 1.165) is 19.3 Å². The Labute approximate surface area is 99.2 Å². The standard InChI is InChI=1S/C11H14ClN3O/c12-9-3-4-14-6-10(9)15-11(16)7-1-2-8(13)5-7/h3-4,6-8H,1-2,5,13H2,(H,15,16). The van der Waals surface area contributed by atoms with E-state index in [1.807, 2.05) is 0 Å². The summed E-state index contributed by atoms with van der Waals surface area (Å²) in [5.41, 5.74) is 6.33. The highest BCUT2D eigenvalue weighted by Crippen LogP contribution is 2.27. The van der Waals surface area contributed by atoms with E-state index in [1.165, 1.54) is 0 Å². The fourth-order valence-corrected chi connectivity index (χ4v) is 2.11. The molecule has 1 aliphatic carbocycles. The van der Waals surface area contributed by atoms with Gasteiger partial charge < -0.3 is 11.1 Å². The van der Waals surface area contributed by atoms with E-state index in [2.05, 4.69) is 10.3 Å². The molecule has 0 spiro atoms. The lowest BCUT2D eigenvalue weighted by molar-refractivity contribution is -0.119. The Kier molecular flexibility index (Phi) is 3.41. The first-order valence-corrected chi connectivity index (χ1v) is 5.70. The monoisotopic (exact) mass is 239 g/mol. The van der Waals surface area contributed by atoms with Gasteiger partial charge in [-0.1, -0.05) is 11.6 Å². The summed E-state index contributed by atoms with van der Waals surface area (Å²) in [6.45, 7) is 0. The van der Waals surface area contributed by atoms with E-state index in [0.29, 0.717) is 10.7 Å². The summed E-state index contributed by atoms with van der Waals surface area (Å²) in [5.74, 6) is -0.00544. The highest BCUT2D eigenvalue weighted by Gasteiger charge is 2.27. The number of nitrogens with zero attached hydrogens (tertiary/aromatic N) is 1. The summed E-state index contributed by atoms with van der Waals surface area (Å²) in [7, 11) is 0. The normalized spacial score (nSPS) is 24.4. The van der Waals surface area contributed by atoms with Crippen LogP contribution in [0.1, 0.15) is 19.3 Å². The highest BCUT2D eigenvalue weighted by molar-refractivity contribution is 6.33. The number of anilines is 1. The van der Waals surface area contributed by atoms with Crippen molar-refractivity contribution in [1.29, 1.82) is 0 Å². The van der Waals surface area contributed by atoms with Crippen molar-refractivity contribution in [3.05, 3.63) is 23.5 Å². The molecule has 2 rings (SSSR count). The number of rotatable bonds is 2. The molecule has 4 nitrogen and oxygen atoms in total. The van der Waals surface area contributed by atoms with Gasteiger partial charge in [-0.2, -0.15) is 0 Å². The number of amides is 1. The summed E-state index contributed by atoms with van der Waals surface area (Å²) >= 11 is 5.92. The minimum Gasteiger partial charge on any atom is -0.328 e. The SMILES string of the molecule is NC1CCC(C(=O)Nc2cnccc2Cl)C1. The zero-order valence-corrected chi connectivity index (χ0v) is 9.57. The lowest BCUT2D eigenvalue weighted by Crippen LogP contribution is -2.23. The van der Waals surface area contributed by atoms with Crippen LogP contribution in [0.2, 0.25) is 5.02 Å². The first-order valence-electron chi connectivity index (χ1n) is 5.33. The third kappa shape index (κ3) is 2.51. The maximum Gasteiger partial charge on any atom is 0.227 e. The molecule has 0 bridgehead atoms. The number of nitrogens with one attached hydrogen (secondary N) is 1. The number of halogens is 1. The first-order chi connectivity index (χ1) is 7.66. The largest absolute Gasteiger partial charge is 0.328 e. The lowest BCUT2D eigenvalue weighted by atomic mass is 10.1. The Bertz CT molecular complexity index is 397. The van der Waals surface area contributed by atoms with Gasteiger partial charge in [-0.15, -0.1) is 0 Å². The lowest BCUT2D eigenvalue weighted by Gasteiger charge is -2.11. The zero-order valence-electron chi connectivity index (χ0n) is 8.82. The Hall–Kier alpha value is -1.13. The van der Waals surface area contributed by atoms with Crippen LogP contribution in [0.5, 0.6) is 0 Å². The van der Waals surface area contributed by atoms with Gasteiger partial charge in [0.15, 0.2) is 0 Å². The second-order valence-corrected chi connectivity index (χ2v) is 4.52. The topological polar surface area (TPSA) is 68.0 Å². The van der Waals surface area contributed by atoms with Crippen LogP contribution in [0, 0.1) is 5.92 Å². The number of carbonyl (C=O) groups excluding carboxylic acids is 1. The number of pyridine rings is 1. The molecule has 2 atom stereocenters. The molecule has 1 heterocycles. The number of carbonyl (C=O) groups is 1. The van der Waals surface area contributed by atoms with E-state index in [4.69, 9.17) is 17.3 Å². The summed E-state index contributed by atoms with van der Waals surface area (Å²) in [5, 5.41) is 3.29. The Morgan fingerprint density at radius 1 is 1.56 bits per heavy atom. The van der Waals surface area contributed by atoms with Crippen molar-refractivity contribution in [2.24, 2.45) is 11.7 Å². The van der Waals surface area contributed by atoms with Crippen molar-refractivity contribution in [1.82, 2.24) is 4.98 Å². The number of hydrogen-bond acceptors (Lipinski definition) is 3. The number of nitrogens with two attached hydrogens (primary N) is 1. The van der Waals surface area contributed by atoms with Crippen LogP contribution >= 0.6 is 11.6 Å². The molecule has 1 aliphatic rings. The predicted octanol–water partition coefficient (Wildman–Crippen LogP) is 1.80. The van der Waals surface area contributed by atoms with Gasteiger partial charge in [-0.05, 0) is 25.3 Å². The van der Waals surface area contributed by atoms with Crippen molar-refractivity contribution >= 4 is 23.2 Å². The molecule has 1 fully saturated rings. The molecule has 0 saturated heterocycles. The predicted molar refractivity (Wildman–Crippen MR) is 63.2 cm³/mol. The van der Waals surface area contributed by atoms with Crippen LogP contribution in [0.4, 0.5) is 5.69 Å². The molecule has 5 heteroatoms. The molecule has 0 aromatic carbocycles. The van der Waals surface area contributed by atoms with E-state index < -0.39 is 0 Å². The van der Waals surface area contributed by atoms with Gasteiger partial charge in [0, 0.05) is 18.2 Å². The Balaban J connectivity index is 2.00. The zero-order chi connectivity index (χ0) is 11.5. The molecule has 2 unspecified atom stereocenters. The van der Waals surface area contributed by atoms with Gasteiger partial charge in [-0.3, -0.25) is 9.78 Å². The van der Waals surface area contributed by atoms with Gasteiger partial charge in [0.25, 0.3) is 0 Å². The fraction of sp³-hybridized carbons (Fsp3) is 0.455. The maximum absolute atomic E-state index is 11.9. The second kappa shape index (κ2) is 4.80. The summed E-state index contributed by atoms with van der Waals surface area (Å²) < 4.78 is 0. The van der Waals surface area contributed by atoms with Gasteiger partial charge in [0.2, 0.25) is 5.91 Å². The molecule has 1 aromatic rings. The average molecular weight is 240 g/mol. The Morgan fingerprint density at radius 3 is 3.00 bits per heavy atom. The third-order valence-electron chi connectivity index (χ3n) is 2.87. The number of aromatic nitrogens is 1. The van der Waals surface area contributed by atoms with Crippen LogP contribution in [0.3, 0.4) is 0 Å². The molecule has 86 valence electrons. The second-order valence-electron chi connectivity index (χ2n) is 4.11. The molecular formula is C11H14ClN3O. The minimum absolute atomic E-state index is 0.00581. The molecule has 1 aromatic heterocycles. The maximum atomic E-state index is 11.9. The fourth-order valence-electron chi connectivity index (χ4n) is 1.96. The molecule has 0 aliphatic heterocycles. The summed E-state index contributed by atoms with van der Waals surface area (Å²) in [4.78, 5) is 15.8. The summed E-state index contributed by atoms with van der Waals surface area (Å²) in [6.07, 6.45) is 5.66. The first kappa shape index (κ1) is 11.4. The van der Waals surface area contributed by atoms with Crippen molar-refractivity contribution in [2.45, 2.75) is 25.3 Å². The van der Waals surface area contributed by atoms with Crippen molar-refractivity contribution in [3.8, 4) is 0 Å². The third-order valence-corrected chi connectivity index (χ3v) is 3.20. The smallest absolute Gasteiger partial charge is 0.227 e. The Morgan fingerprint density at radius 2 is 2.38 bits per heavy atom. The minimum atomic E-state index is -0.0112. The van der Waals surface area contributed by atoms with Crippen molar-refractivity contribution in [2.75, 3.05) is 5.32 Å². The average Bonchev–Trinajstić information content (AvgIpc) is 2.68. The van der Waals surface area contributed by atoms with Crippen LogP contribution in [-0.4, -0.2) is 16.9 Å². The van der Waals surface area contributed by atoms with Gasteiger partial charge in [0.1, 0.15) is 0 Å². The molecule has 16 heavy (non-hydrogen) atoms. The molecule has 1 amide bonds. The molecule has 0 radical (unpaired) electrons. The van der Waals surface area contributed by atoms with Crippen LogP contribution in [0.25, 0.3) is 0 Å². The quantitative estimate of drug-likeness (QED) is 0.827. The van der Waals surface area contributed by atoms with Crippen LogP contribution < -0.4 is 11.1 Å². The van der Waals surface area contributed by atoms with Gasteiger partial charge >= 0.3 is 0 Å². The van der Waals surface area contributed by atoms with Crippen molar-refractivity contribution in [3.63, 3.8) is 0 Å². The van der Waals surface area contributed by atoms with Crippen LogP contribution in [-0.2, 0) is 4.79 Å². The van der Waals surface area contributed by atoms with E-state index >= 15 is 0 Å². The molecule has 1 saturated carbocycles. The van der Waals surface area contributed by atoms with Crippen LogP contribution in [0.15, 0.2) is 18.5 Å². The van der Waals surface area contributed by atoms with Gasteiger partial charge in [-0.25, -0.2) is 0 Å². The molecular weight excluding hydrogens is 226 g/mol. The molecule has 3 N–H and O–H groups in total. The number of hydrogen-bond donors (Lipinski definition) is 2. The van der Waals surface area contributed by atoms with E-state index in [-0.39, 0.29) is 17.9 Å². The van der Waals surface area contributed by atoms with Gasteiger partial charge in [0.05, 0.1) is 16.9 Å². The van der Waals surface area contributed by atoms with E-state index in [1.54, 1.807) is 18.5 Å². The highest BCUT2D eigenvalue weighted by atomic mass is 35.5. The summed E-state index contributed by atoms with van der Waals surface area (Å²) in [6, 6.07) is 1.80.